The van der Waals surface area contributed by atoms with Gasteiger partial charge in [0.15, 0.2) is 0 Å². The molecule has 0 atom stereocenters. The molecule has 0 radical (unpaired) electrons. The number of hydrogen-bond donors (Lipinski definition) is 1. The lowest BCUT2D eigenvalue weighted by molar-refractivity contribution is 0.209. The number of phenolic OH excluding ortho intramolecular Hbond substituents is 1. The molecule has 1 aliphatic rings. The Kier molecular flexibility index (Phi) is 3.57. The Labute approximate surface area is 102 Å². The third-order valence-corrected chi connectivity index (χ3v) is 3.12. The first-order valence-electron chi connectivity index (χ1n) is 5.93. The molecule has 0 aliphatic heterocycles. The molecule has 0 spiro atoms. The molecule has 1 aromatic carbocycles. The van der Waals surface area contributed by atoms with E-state index >= 15 is 0 Å². The predicted molar refractivity (Wildman–Crippen MR) is 67.0 cm³/mol. The van der Waals surface area contributed by atoms with Crippen molar-refractivity contribution in [2.24, 2.45) is 0 Å². The van der Waals surface area contributed by atoms with Crippen LogP contribution in [0.1, 0.15) is 31.2 Å². The maximum Gasteiger partial charge on any atom is 0.130 e. The Bertz CT molecular complexity index is 406. The van der Waals surface area contributed by atoms with E-state index in [1.807, 2.05) is 6.07 Å². The molecule has 0 amide bonds. The fourth-order valence-electron chi connectivity index (χ4n) is 2.13. The van der Waals surface area contributed by atoms with Crippen molar-refractivity contribution in [2.75, 3.05) is 7.11 Å². The van der Waals surface area contributed by atoms with Crippen LogP contribution < -0.4 is 4.74 Å². The fourth-order valence-corrected chi connectivity index (χ4v) is 2.13. The van der Waals surface area contributed by atoms with Gasteiger partial charge < -0.3 is 14.6 Å². The molecule has 1 N–H and O–H groups in total. The number of phenols is 1. The third kappa shape index (κ3) is 2.73. The molecule has 0 aromatic heterocycles. The smallest absolute Gasteiger partial charge is 0.130 e. The second-order valence-electron chi connectivity index (χ2n) is 4.33. The summed E-state index contributed by atoms with van der Waals surface area (Å²) in [6.45, 7) is 3.71. The van der Waals surface area contributed by atoms with Crippen molar-refractivity contribution in [3.63, 3.8) is 0 Å². The predicted octanol–water partition coefficient (Wildman–Crippen LogP) is 3.33. The number of hydrogen-bond acceptors (Lipinski definition) is 3. The van der Waals surface area contributed by atoms with Gasteiger partial charge in [-0.1, -0.05) is 6.58 Å². The van der Waals surface area contributed by atoms with E-state index in [1.54, 1.807) is 12.1 Å². The number of rotatable bonds is 4. The van der Waals surface area contributed by atoms with Crippen LogP contribution in [0.15, 0.2) is 24.8 Å². The average molecular weight is 234 g/mol. The van der Waals surface area contributed by atoms with Gasteiger partial charge in [-0.3, -0.25) is 0 Å². The molecule has 3 nitrogen and oxygen atoms in total. The molecule has 0 saturated heterocycles. The summed E-state index contributed by atoms with van der Waals surface area (Å²) in [7, 11) is 1.53. The maximum absolute atomic E-state index is 9.85. The van der Waals surface area contributed by atoms with Crippen LogP contribution in [0.3, 0.4) is 0 Å². The monoisotopic (exact) mass is 234 g/mol. The van der Waals surface area contributed by atoms with Gasteiger partial charge in [-0.2, -0.15) is 0 Å². The highest BCUT2D eigenvalue weighted by Gasteiger charge is 2.17. The number of methoxy groups -OCH3 is 1. The molecular formula is C14H18O3. The molecule has 1 aliphatic carbocycles. The Hall–Kier alpha value is -1.64. The van der Waals surface area contributed by atoms with Crippen molar-refractivity contribution in [3.05, 3.63) is 30.3 Å². The van der Waals surface area contributed by atoms with E-state index in [-0.39, 0.29) is 5.75 Å². The highest BCUT2D eigenvalue weighted by molar-refractivity contribution is 5.64. The Morgan fingerprint density at radius 3 is 2.65 bits per heavy atom. The lowest BCUT2D eigenvalue weighted by Crippen LogP contribution is -2.10. The zero-order chi connectivity index (χ0) is 12.3. The van der Waals surface area contributed by atoms with Crippen LogP contribution in [0, 0.1) is 0 Å². The minimum Gasteiger partial charge on any atom is -0.507 e. The second kappa shape index (κ2) is 5.13. The van der Waals surface area contributed by atoms with Gasteiger partial charge >= 0.3 is 0 Å². The van der Waals surface area contributed by atoms with Crippen LogP contribution in [-0.4, -0.2) is 18.3 Å². The van der Waals surface area contributed by atoms with Crippen LogP contribution in [-0.2, 0) is 4.74 Å². The molecule has 1 fully saturated rings. The Balaban J connectivity index is 2.10. The van der Waals surface area contributed by atoms with Gasteiger partial charge in [0.2, 0.25) is 0 Å². The zero-order valence-corrected chi connectivity index (χ0v) is 10.1. The highest BCUT2D eigenvalue weighted by Crippen LogP contribution is 2.31. The lowest BCUT2D eigenvalue weighted by Gasteiger charge is -2.14. The van der Waals surface area contributed by atoms with Gasteiger partial charge in [0, 0.05) is 6.07 Å². The summed E-state index contributed by atoms with van der Waals surface area (Å²) >= 11 is 0. The van der Waals surface area contributed by atoms with E-state index in [0.717, 1.165) is 12.8 Å². The Morgan fingerprint density at radius 2 is 2.06 bits per heavy atom. The van der Waals surface area contributed by atoms with E-state index in [4.69, 9.17) is 9.47 Å². The molecule has 0 unspecified atom stereocenters. The van der Waals surface area contributed by atoms with Gasteiger partial charge in [-0.15, -0.1) is 0 Å². The van der Waals surface area contributed by atoms with Crippen molar-refractivity contribution in [2.45, 2.75) is 31.8 Å². The third-order valence-electron chi connectivity index (χ3n) is 3.12. The fraction of sp³-hybridized carbons (Fsp3) is 0.429. The first kappa shape index (κ1) is 11.8. The molecule has 17 heavy (non-hydrogen) atoms. The van der Waals surface area contributed by atoms with Gasteiger partial charge in [-0.05, 0) is 37.8 Å². The molecule has 0 bridgehead atoms. The summed E-state index contributed by atoms with van der Waals surface area (Å²) in [6.07, 6.45) is 4.97. The van der Waals surface area contributed by atoms with Crippen molar-refractivity contribution in [1.29, 1.82) is 0 Å². The molecule has 92 valence electrons. The SMILES string of the molecule is C=C(OC)c1ccc(OC2CCCC2)cc1O. The van der Waals surface area contributed by atoms with Crippen molar-refractivity contribution in [3.8, 4) is 11.5 Å². The minimum atomic E-state index is 0.146. The second-order valence-corrected chi connectivity index (χ2v) is 4.33. The summed E-state index contributed by atoms with van der Waals surface area (Å²) in [5, 5.41) is 9.85. The van der Waals surface area contributed by atoms with Gasteiger partial charge in [-0.25, -0.2) is 0 Å². The minimum absolute atomic E-state index is 0.146. The van der Waals surface area contributed by atoms with Crippen LogP contribution in [0.4, 0.5) is 0 Å². The van der Waals surface area contributed by atoms with E-state index in [9.17, 15) is 5.11 Å². The van der Waals surface area contributed by atoms with Crippen LogP contribution in [0.5, 0.6) is 11.5 Å². The number of aromatic hydroxyl groups is 1. The molecule has 2 rings (SSSR count). The highest BCUT2D eigenvalue weighted by atomic mass is 16.5. The van der Waals surface area contributed by atoms with Crippen LogP contribution in [0.2, 0.25) is 0 Å². The van der Waals surface area contributed by atoms with E-state index in [1.165, 1.54) is 20.0 Å². The summed E-state index contributed by atoms with van der Waals surface area (Å²) in [5.74, 6) is 1.31. The van der Waals surface area contributed by atoms with Crippen LogP contribution in [0.25, 0.3) is 5.76 Å². The number of benzene rings is 1. The van der Waals surface area contributed by atoms with Gasteiger partial charge in [0.05, 0.1) is 18.8 Å². The van der Waals surface area contributed by atoms with E-state index in [2.05, 4.69) is 6.58 Å². The van der Waals surface area contributed by atoms with Gasteiger partial charge in [0.25, 0.3) is 0 Å². The molecule has 1 aromatic rings. The molecule has 3 heteroatoms. The molecule has 0 heterocycles. The Morgan fingerprint density at radius 1 is 1.35 bits per heavy atom. The average Bonchev–Trinajstić information content (AvgIpc) is 2.81. The largest absolute Gasteiger partial charge is 0.507 e. The first-order valence-corrected chi connectivity index (χ1v) is 5.93. The summed E-state index contributed by atoms with van der Waals surface area (Å²) in [5.41, 5.74) is 0.603. The van der Waals surface area contributed by atoms with E-state index in [0.29, 0.717) is 23.2 Å². The summed E-state index contributed by atoms with van der Waals surface area (Å²) < 4.78 is 10.8. The zero-order valence-electron chi connectivity index (χ0n) is 10.1. The summed E-state index contributed by atoms with van der Waals surface area (Å²) in [4.78, 5) is 0. The van der Waals surface area contributed by atoms with Crippen molar-refractivity contribution < 1.29 is 14.6 Å². The molecular weight excluding hydrogens is 216 g/mol. The van der Waals surface area contributed by atoms with Crippen molar-refractivity contribution in [1.82, 2.24) is 0 Å². The summed E-state index contributed by atoms with van der Waals surface area (Å²) in [6, 6.07) is 5.24. The first-order chi connectivity index (χ1) is 8.20. The maximum atomic E-state index is 9.85. The van der Waals surface area contributed by atoms with Crippen molar-refractivity contribution >= 4 is 5.76 Å². The normalized spacial score (nSPS) is 15.8. The topological polar surface area (TPSA) is 38.7 Å². The van der Waals surface area contributed by atoms with E-state index < -0.39 is 0 Å². The molecule has 1 saturated carbocycles. The quantitative estimate of drug-likeness (QED) is 0.812. The lowest BCUT2D eigenvalue weighted by atomic mass is 10.1. The number of ether oxygens (including phenoxy) is 2. The van der Waals surface area contributed by atoms with Crippen LogP contribution >= 0.6 is 0 Å². The standard InChI is InChI=1S/C14H18O3/c1-10(16-2)13-8-7-12(9-14(13)15)17-11-5-3-4-6-11/h7-9,11,15H,1,3-6H2,2H3. The van der Waals surface area contributed by atoms with Gasteiger partial charge in [0.1, 0.15) is 17.3 Å².